The topological polar surface area (TPSA) is 57.5 Å². The summed E-state index contributed by atoms with van der Waals surface area (Å²) in [5, 5.41) is 0. The van der Waals surface area contributed by atoms with E-state index < -0.39 is 18.8 Å². The standard InChI is InChI=1S/C21H20BrF2O3PS/c1-3-7-16(4-2)18-9-6-5-8-17(18)14-29-13-15-10-11-19(20(22)12-15)21(23,24)28(25,26)27/h3-12H,1-2,13-14H2,(H2,25,26,27)/b16-7+. The van der Waals surface area contributed by atoms with Crippen molar-refractivity contribution in [2.75, 3.05) is 0 Å². The minimum absolute atomic E-state index is 0.0350. The molecule has 0 heterocycles. The molecule has 0 saturated heterocycles. The maximum atomic E-state index is 13.9. The Bertz CT molecular complexity index is 986. The van der Waals surface area contributed by atoms with Crippen LogP contribution in [0.5, 0.6) is 0 Å². The van der Waals surface area contributed by atoms with Gasteiger partial charge in [-0.05, 0) is 28.3 Å². The SMILES string of the molecule is C=C/C=C(\C=C)c1ccccc1CSCc1ccc(C(F)(F)P(=O)(O)O)c(Br)c1. The molecule has 0 aromatic heterocycles. The van der Waals surface area contributed by atoms with Crippen molar-refractivity contribution < 1.29 is 23.1 Å². The van der Waals surface area contributed by atoms with Crippen LogP contribution in [0.15, 0.2) is 78.3 Å². The highest BCUT2D eigenvalue weighted by atomic mass is 79.9. The highest BCUT2D eigenvalue weighted by Crippen LogP contribution is 2.60. The van der Waals surface area contributed by atoms with Gasteiger partial charge in [0.2, 0.25) is 0 Å². The van der Waals surface area contributed by atoms with Gasteiger partial charge in [-0.2, -0.15) is 20.5 Å². The van der Waals surface area contributed by atoms with Crippen molar-refractivity contribution in [1.82, 2.24) is 0 Å². The van der Waals surface area contributed by atoms with Crippen molar-refractivity contribution in [2.45, 2.75) is 17.2 Å². The lowest BCUT2D eigenvalue weighted by atomic mass is 10.0. The lowest BCUT2D eigenvalue weighted by Crippen LogP contribution is -2.14. The van der Waals surface area contributed by atoms with Crippen LogP contribution in [0.25, 0.3) is 5.57 Å². The van der Waals surface area contributed by atoms with E-state index in [-0.39, 0.29) is 4.47 Å². The quantitative estimate of drug-likeness (QED) is 0.291. The summed E-state index contributed by atoms with van der Waals surface area (Å²) in [4.78, 5) is 17.8. The fraction of sp³-hybridized carbons (Fsp3) is 0.143. The summed E-state index contributed by atoms with van der Waals surface area (Å²) < 4.78 is 38.9. The minimum Gasteiger partial charge on any atom is -0.320 e. The molecular formula is C21H20BrF2O3PS. The molecule has 0 aliphatic carbocycles. The number of allylic oxidation sites excluding steroid dienone is 4. The zero-order valence-electron chi connectivity index (χ0n) is 15.4. The number of alkyl halides is 2. The molecule has 0 bridgehead atoms. The second-order valence-corrected chi connectivity index (χ2v) is 9.60. The first kappa shape index (κ1) is 23.8. The van der Waals surface area contributed by atoms with Gasteiger partial charge in [-0.1, -0.05) is 83.7 Å². The highest BCUT2D eigenvalue weighted by molar-refractivity contribution is 9.10. The Balaban J connectivity index is 2.14. The number of halogens is 3. The number of rotatable bonds is 9. The van der Waals surface area contributed by atoms with E-state index in [9.17, 15) is 13.3 Å². The van der Waals surface area contributed by atoms with Crippen LogP contribution >= 0.6 is 35.3 Å². The molecule has 0 fully saturated rings. The fourth-order valence-electron chi connectivity index (χ4n) is 2.65. The summed E-state index contributed by atoms with van der Waals surface area (Å²) >= 11 is 4.61. The van der Waals surface area contributed by atoms with Crippen LogP contribution < -0.4 is 0 Å². The van der Waals surface area contributed by atoms with Crippen molar-refractivity contribution in [1.29, 1.82) is 0 Å². The molecule has 0 amide bonds. The highest BCUT2D eigenvalue weighted by Gasteiger charge is 2.51. The summed E-state index contributed by atoms with van der Waals surface area (Å²) in [5.41, 5.74) is -1.09. The van der Waals surface area contributed by atoms with Crippen molar-refractivity contribution >= 4 is 40.9 Å². The number of hydrogen-bond donors (Lipinski definition) is 2. The molecule has 0 aliphatic heterocycles. The molecule has 2 aromatic rings. The van der Waals surface area contributed by atoms with Gasteiger partial charge < -0.3 is 9.79 Å². The van der Waals surface area contributed by atoms with Crippen LogP contribution in [0.2, 0.25) is 0 Å². The molecule has 2 N–H and O–H groups in total. The number of hydrogen-bond acceptors (Lipinski definition) is 2. The van der Waals surface area contributed by atoms with Gasteiger partial charge in [0.15, 0.2) is 0 Å². The van der Waals surface area contributed by atoms with E-state index in [4.69, 9.17) is 9.79 Å². The Morgan fingerprint density at radius 1 is 1.17 bits per heavy atom. The first-order valence-corrected chi connectivity index (χ1v) is 12.0. The third kappa shape index (κ3) is 5.77. The Morgan fingerprint density at radius 3 is 2.45 bits per heavy atom. The zero-order valence-corrected chi connectivity index (χ0v) is 18.7. The molecule has 29 heavy (non-hydrogen) atoms. The van der Waals surface area contributed by atoms with Crippen LogP contribution in [0, 0.1) is 0 Å². The Kier molecular flexibility index (Phi) is 8.20. The van der Waals surface area contributed by atoms with Gasteiger partial charge in [0.1, 0.15) is 0 Å². The van der Waals surface area contributed by atoms with E-state index >= 15 is 0 Å². The molecule has 8 heteroatoms. The Labute approximate surface area is 181 Å². The van der Waals surface area contributed by atoms with E-state index in [2.05, 4.69) is 29.1 Å². The molecule has 2 rings (SSSR count). The van der Waals surface area contributed by atoms with Gasteiger partial charge in [-0.3, -0.25) is 4.57 Å². The average molecular weight is 501 g/mol. The summed E-state index contributed by atoms with van der Waals surface area (Å²) in [5.74, 6) is 1.24. The molecule has 0 radical (unpaired) electrons. The van der Waals surface area contributed by atoms with Gasteiger partial charge in [0.05, 0.1) is 0 Å². The van der Waals surface area contributed by atoms with Crippen LogP contribution in [0.3, 0.4) is 0 Å². The molecule has 0 spiro atoms. The normalized spacial score (nSPS) is 12.7. The molecule has 0 atom stereocenters. The van der Waals surface area contributed by atoms with Gasteiger partial charge in [0.25, 0.3) is 0 Å². The predicted molar refractivity (Wildman–Crippen MR) is 120 cm³/mol. The van der Waals surface area contributed by atoms with Crippen LogP contribution in [-0.2, 0) is 21.7 Å². The van der Waals surface area contributed by atoms with E-state index in [1.54, 1.807) is 23.9 Å². The molecule has 0 saturated carbocycles. The van der Waals surface area contributed by atoms with Crippen molar-refractivity contribution in [3.05, 3.63) is 101 Å². The number of thioether (sulfide) groups is 1. The van der Waals surface area contributed by atoms with Gasteiger partial charge in [0, 0.05) is 21.5 Å². The van der Waals surface area contributed by atoms with E-state index in [0.29, 0.717) is 11.5 Å². The molecule has 3 nitrogen and oxygen atoms in total. The predicted octanol–water partition coefficient (Wildman–Crippen LogP) is 6.86. The Hall–Kier alpha value is -1.50. The van der Waals surface area contributed by atoms with E-state index in [1.165, 1.54) is 12.1 Å². The zero-order chi connectivity index (χ0) is 21.7. The minimum atomic E-state index is -5.61. The van der Waals surface area contributed by atoms with Gasteiger partial charge >= 0.3 is 13.3 Å². The largest absolute Gasteiger partial charge is 0.399 e. The molecule has 154 valence electrons. The van der Waals surface area contributed by atoms with E-state index in [0.717, 1.165) is 28.3 Å². The molecule has 0 aliphatic rings. The number of benzene rings is 2. The Morgan fingerprint density at radius 2 is 1.86 bits per heavy atom. The van der Waals surface area contributed by atoms with Crippen LogP contribution in [-0.4, -0.2) is 9.79 Å². The monoisotopic (exact) mass is 500 g/mol. The molecule has 2 aromatic carbocycles. The summed E-state index contributed by atoms with van der Waals surface area (Å²) in [6.07, 6.45) is 5.35. The summed E-state index contributed by atoms with van der Waals surface area (Å²) in [7, 11) is -5.61. The average Bonchev–Trinajstić information content (AvgIpc) is 2.65. The first-order valence-electron chi connectivity index (χ1n) is 8.45. The lowest BCUT2D eigenvalue weighted by Gasteiger charge is -2.19. The summed E-state index contributed by atoms with van der Waals surface area (Å²) in [6.45, 7) is 7.55. The maximum Gasteiger partial charge on any atom is 0.399 e. The molecular weight excluding hydrogens is 481 g/mol. The second-order valence-electron chi connectivity index (χ2n) is 6.11. The van der Waals surface area contributed by atoms with Crippen molar-refractivity contribution in [2.24, 2.45) is 0 Å². The maximum absolute atomic E-state index is 13.9. The van der Waals surface area contributed by atoms with Crippen LogP contribution in [0.1, 0.15) is 22.3 Å². The molecule has 0 unspecified atom stereocenters. The third-order valence-electron chi connectivity index (χ3n) is 4.10. The van der Waals surface area contributed by atoms with Gasteiger partial charge in [-0.15, -0.1) is 0 Å². The fourth-order valence-corrected chi connectivity index (χ4v) is 4.98. The van der Waals surface area contributed by atoms with E-state index in [1.807, 2.05) is 30.3 Å². The van der Waals surface area contributed by atoms with Crippen molar-refractivity contribution in [3.63, 3.8) is 0 Å². The van der Waals surface area contributed by atoms with Crippen LogP contribution in [0.4, 0.5) is 8.78 Å². The smallest absolute Gasteiger partial charge is 0.320 e. The second kappa shape index (κ2) is 10.0. The lowest BCUT2D eigenvalue weighted by molar-refractivity contribution is 0.0557. The van der Waals surface area contributed by atoms with Gasteiger partial charge in [-0.25, -0.2) is 0 Å². The summed E-state index contributed by atoms with van der Waals surface area (Å²) in [6, 6.07) is 11.9. The first-order chi connectivity index (χ1) is 13.6. The van der Waals surface area contributed by atoms with Crippen molar-refractivity contribution in [3.8, 4) is 0 Å². The third-order valence-corrected chi connectivity index (χ3v) is 6.78.